The highest BCUT2D eigenvalue weighted by Crippen LogP contribution is 1.97. The summed E-state index contributed by atoms with van der Waals surface area (Å²) in [7, 11) is 0. The maximum atomic E-state index is 11.3. The first-order valence-electron chi connectivity index (χ1n) is 10.8. The Hall–Kier alpha value is -4.28. The van der Waals surface area contributed by atoms with Crippen LogP contribution in [-0.2, 0) is 66.3 Å². The molecule has 0 amide bonds. The molecule has 40 heavy (non-hydrogen) atoms. The van der Waals surface area contributed by atoms with Crippen molar-refractivity contribution in [1.82, 2.24) is 0 Å². The second kappa shape index (κ2) is 26.3. The first-order valence-corrected chi connectivity index (χ1v) is 11.1. The van der Waals surface area contributed by atoms with E-state index in [1.807, 2.05) is 0 Å². The Labute approximate surface area is 234 Å². The predicted octanol–water partition coefficient (Wildman–Crippen LogP) is -0.765. The van der Waals surface area contributed by atoms with Gasteiger partial charge in [-0.05, 0) is 13.8 Å². The van der Waals surface area contributed by atoms with E-state index in [0.29, 0.717) is 0 Å². The SMILES string of the molecule is C=CC(=O)OCCOC(=O)COC(=O)C(C)OC(=O)C=C.C=CC(=O)OCl.CC(O)C(=O)OCC(=O)OCCO. The fourth-order valence-corrected chi connectivity index (χ4v) is 1.46. The molecule has 2 N–H and O–H groups in total. The maximum absolute atomic E-state index is 11.3. The van der Waals surface area contributed by atoms with Crippen molar-refractivity contribution in [2.75, 3.05) is 39.6 Å². The lowest BCUT2D eigenvalue weighted by Gasteiger charge is -2.11. The van der Waals surface area contributed by atoms with Crippen LogP contribution < -0.4 is 0 Å². The van der Waals surface area contributed by atoms with E-state index in [1.54, 1.807) is 0 Å². The maximum Gasteiger partial charge on any atom is 0.348 e. The number of hydrogen-bond acceptors (Lipinski definition) is 16. The van der Waals surface area contributed by atoms with Crippen LogP contribution in [0.25, 0.3) is 0 Å². The zero-order valence-electron chi connectivity index (χ0n) is 21.7. The third-order valence-electron chi connectivity index (χ3n) is 3.15. The summed E-state index contributed by atoms with van der Waals surface area (Å²) in [6.45, 7) is 9.99. The average Bonchev–Trinajstić information content (AvgIpc) is 2.95. The summed E-state index contributed by atoms with van der Waals surface area (Å²) in [5.41, 5.74) is 0. The van der Waals surface area contributed by atoms with Crippen molar-refractivity contribution in [1.29, 1.82) is 0 Å². The van der Waals surface area contributed by atoms with E-state index >= 15 is 0 Å². The number of aliphatic hydroxyl groups excluding tert-OH is 2. The summed E-state index contributed by atoms with van der Waals surface area (Å²) in [6.07, 6.45) is 0.410. The van der Waals surface area contributed by atoms with Gasteiger partial charge < -0.3 is 42.9 Å². The monoisotopic (exact) mass is 598 g/mol. The molecule has 0 radical (unpaired) electrons. The van der Waals surface area contributed by atoms with Crippen molar-refractivity contribution in [2.45, 2.75) is 26.1 Å². The number of ether oxygens (including phenoxy) is 6. The summed E-state index contributed by atoms with van der Waals surface area (Å²) in [4.78, 5) is 74.9. The molecule has 0 aromatic heterocycles. The molecule has 0 spiro atoms. The number of rotatable bonds is 15. The van der Waals surface area contributed by atoms with Gasteiger partial charge in [-0.25, -0.2) is 33.6 Å². The molecule has 0 aliphatic rings. The van der Waals surface area contributed by atoms with Crippen molar-refractivity contribution in [3.05, 3.63) is 38.0 Å². The summed E-state index contributed by atoms with van der Waals surface area (Å²) in [6, 6.07) is 0. The van der Waals surface area contributed by atoms with Crippen LogP contribution >= 0.6 is 11.9 Å². The van der Waals surface area contributed by atoms with Gasteiger partial charge in [0.05, 0.1) is 6.61 Å². The van der Waals surface area contributed by atoms with Crippen molar-refractivity contribution in [2.24, 2.45) is 0 Å². The van der Waals surface area contributed by atoms with Gasteiger partial charge in [0.25, 0.3) is 0 Å². The summed E-state index contributed by atoms with van der Waals surface area (Å²) in [5.74, 6) is -5.44. The number of halogens is 1. The molecule has 16 nitrogen and oxygen atoms in total. The predicted molar refractivity (Wildman–Crippen MR) is 132 cm³/mol. The fraction of sp³-hybridized carbons (Fsp3) is 0.435. The van der Waals surface area contributed by atoms with E-state index in [4.69, 9.17) is 10.2 Å². The minimum Gasteiger partial charge on any atom is -0.461 e. The molecule has 0 saturated heterocycles. The lowest BCUT2D eigenvalue weighted by molar-refractivity contribution is -0.169. The van der Waals surface area contributed by atoms with Crippen LogP contribution in [0.3, 0.4) is 0 Å². The number of carbonyl (C=O) groups is 7. The van der Waals surface area contributed by atoms with Gasteiger partial charge in [0.2, 0.25) is 0 Å². The highest BCUT2D eigenvalue weighted by atomic mass is 35.5. The minimum absolute atomic E-state index is 0.134. The molecule has 2 unspecified atom stereocenters. The second-order valence-electron chi connectivity index (χ2n) is 6.31. The fourth-order valence-electron chi connectivity index (χ4n) is 1.40. The lowest BCUT2D eigenvalue weighted by atomic mass is 10.4. The van der Waals surface area contributed by atoms with Crippen LogP contribution in [0, 0.1) is 0 Å². The van der Waals surface area contributed by atoms with Gasteiger partial charge in [-0.15, -0.1) is 0 Å². The Kier molecular flexibility index (Phi) is 26.5. The third kappa shape index (κ3) is 26.8. The van der Waals surface area contributed by atoms with Crippen LogP contribution in [0.2, 0.25) is 0 Å². The molecule has 2 atom stereocenters. The van der Waals surface area contributed by atoms with E-state index in [-0.39, 0.29) is 26.4 Å². The van der Waals surface area contributed by atoms with Crippen molar-refractivity contribution in [3.8, 4) is 0 Å². The van der Waals surface area contributed by atoms with E-state index in [9.17, 15) is 33.6 Å². The molecule has 0 aromatic rings. The van der Waals surface area contributed by atoms with Gasteiger partial charge in [0.15, 0.2) is 19.3 Å². The number of carbonyl (C=O) groups excluding carboxylic acids is 7. The van der Waals surface area contributed by atoms with Gasteiger partial charge in [0.1, 0.15) is 37.8 Å². The first kappa shape index (κ1) is 40.2. The third-order valence-corrected chi connectivity index (χ3v) is 3.30. The molecule has 226 valence electrons. The van der Waals surface area contributed by atoms with Gasteiger partial charge in [0, 0.05) is 18.2 Å². The van der Waals surface area contributed by atoms with Gasteiger partial charge >= 0.3 is 41.8 Å². The average molecular weight is 599 g/mol. The van der Waals surface area contributed by atoms with Crippen LogP contribution in [0.15, 0.2) is 38.0 Å². The molecular formula is C23H31ClO16. The molecule has 0 heterocycles. The van der Waals surface area contributed by atoms with Gasteiger partial charge in [-0.3, -0.25) is 0 Å². The van der Waals surface area contributed by atoms with Gasteiger partial charge in [-0.2, -0.15) is 0 Å². The molecule has 0 aliphatic heterocycles. The first-order chi connectivity index (χ1) is 18.8. The summed E-state index contributed by atoms with van der Waals surface area (Å²) >= 11 is 4.53. The molecule has 0 aromatic carbocycles. The second-order valence-corrected chi connectivity index (χ2v) is 6.47. The highest BCUT2D eigenvalue weighted by molar-refractivity contribution is 6.14. The van der Waals surface area contributed by atoms with E-state index < -0.39 is 67.2 Å². The largest absolute Gasteiger partial charge is 0.461 e. The molecule has 17 heteroatoms. The van der Waals surface area contributed by atoms with Crippen molar-refractivity contribution in [3.63, 3.8) is 0 Å². The lowest BCUT2D eigenvalue weighted by Crippen LogP contribution is -2.28. The molecule has 0 rings (SSSR count). The Morgan fingerprint density at radius 2 is 1.15 bits per heavy atom. The van der Waals surface area contributed by atoms with Crippen LogP contribution in [0.5, 0.6) is 0 Å². The Morgan fingerprint density at radius 1 is 0.700 bits per heavy atom. The zero-order valence-corrected chi connectivity index (χ0v) is 22.5. The van der Waals surface area contributed by atoms with Crippen LogP contribution in [0.4, 0.5) is 0 Å². The molecule has 0 bridgehead atoms. The van der Waals surface area contributed by atoms with Crippen molar-refractivity contribution >= 4 is 53.7 Å². The molecule has 0 aliphatic carbocycles. The summed E-state index contributed by atoms with van der Waals surface area (Å²) in [5, 5.41) is 16.9. The van der Waals surface area contributed by atoms with E-state index in [0.717, 1.165) is 18.2 Å². The Bertz CT molecular complexity index is 867. The zero-order chi connectivity index (χ0) is 31.5. The van der Waals surface area contributed by atoms with E-state index in [1.165, 1.54) is 13.8 Å². The highest BCUT2D eigenvalue weighted by Gasteiger charge is 2.19. The quantitative estimate of drug-likeness (QED) is 0.102. The Morgan fingerprint density at radius 3 is 1.55 bits per heavy atom. The molecule has 0 saturated carbocycles. The van der Waals surface area contributed by atoms with E-state index in [2.05, 4.69) is 64.3 Å². The van der Waals surface area contributed by atoms with Crippen LogP contribution in [0.1, 0.15) is 13.8 Å². The Balaban J connectivity index is -0.000000608. The van der Waals surface area contributed by atoms with Crippen LogP contribution in [-0.4, -0.2) is 104 Å². The summed E-state index contributed by atoms with van der Waals surface area (Å²) < 4.78 is 30.6. The standard InChI is InChI=1S/C13H16O8.C7H12O6.C3H3ClO2/c1-4-10(14)18-6-7-19-12(16)8-20-13(17)9(3)21-11(15)5-2;1-5(9)7(11)13-4-6(10)12-3-2-8;1-2-3(5)6-4/h4-5,9H,1-2,6-8H2,3H3;5,8-9H,2-4H2,1H3;2H,1H2. The number of aliphatic hydroxyl groups is 2. The smallest absolute Gasteiger partial charge is 0.348 e. The number of hydrogen-bond donors (Lipinski definition) is 2. The van der Waals surface area contributed by atoms with Crippen molar-refractivity contribution < 1.29 is 76.5 Å². The number of esters is 6. The molecular weight excluding hydrogens is 568 g/mol. The van der Waals surface area contributed by atoms with Gasteiger partial charge in [-0.1, -0.05) is 19.7 Å². The molecule has 0 fully saturated rings. The minimum atomic E-state index is -1.26. The normalized spacial score (nSPS) is 10.5. The topological polar surface area (TPSA) is 225 Å².